The van der Waals surface area contributed by atoms with Crippen molar-refractivity contribution in [1.82, 2.24) is 14.6 Å². The van der Waals surface area contributed by atoms with Crippen LogP contribution in [0.4, 0.5) is 0 Å². The Morgan fingerprint density at radius 3 is 2.67 bits per heavy atom. The fourth-order valence-electron chi connectivity index (χ4n) is 3.48. The van der Waals surface area contributed by atoms with Gasteiger partial charge < -0.3 is 10.2 Å². The molecule has 0 bridgehead atoms. The Balaban J connectivity index is 2.01. The molecule has 2 N–H and O–H groups in total. The van der Waals surface area contributed by atoms with Crippen molar-refractivity contribution in [3.05, 3.63) is 33.5 Å². The zero-order valence-electron chi connectivity index (χ0n) is 13.4. The van der Waals surface area contributed by atoms with E-state index in [1.807, 2.05) is 0 Å². The molecule has 0 aromatic carbocycles. The van der Waals surface area contributed by atoms with Crippen molar-refractivity contribution in [2.24, 2.45) is 5.92 Å². The Morgan fingerprint density at radius 1 is 1.21 bits per heavy atom. The van der Waals surface area contributed by atoms with Gasteiger partial charge in [-0.1, -0.05) is 32.1 Å². The largest absolute Gasteiger partial charge is 0.510 e. The molecule has 0 saturated heterocycles. The lowest BCUT2D eigenvalue weighted by molar-refractivity contribution is -0.136. The van der Waals surface area contributed by atoms with Crippen LogP contribution in [0.3, 0.4) is 0 Å². The standard InChI is InChI=1S/C17H21N3O4/c21-13(6-7-15(23)24)16-14(22)9-12(17-18-10-19-20(16)17)8-11-4-2-1-3-5-11/h9-11,21H,1-8H2,(H,23,24). The molecule has 7 heteroatoms. The van der Waals surface area contributed by atoms with E-state index in [1.165, 1.54) is 36.2 Å². The van der Waals surface area contributed by atoms with Gasteiger partial charge in [0.2, 0.25) is 5.43 Å². The first kappa shape index (κ1) is 16.4. The summed E-state index contributed by atoms with van der Waals surface area (Å²) in [6, 6.07) is 1.52. The van der Waals surface area contributed by atoms with Crippen LogP contribution in [-0.4, -0.2) is 30.8 Å². The number of aromatic nitrogens is 3. The van der Waals surface area contributed by atoms with E-state index in [9.17, 15) is 14.7 Å². The molecule has 0 atom stereocenters. The van der Waals surface area contributed by atoms with Crippen LogP contribution in [0.1, 0.15) is 50.5 Å². The molecule has 0 spiro atoms. The summed E-state index contributed by atoms with van der Waals surface area (Å²) >= 11 is 0. The quantitative estimate of drug-likeness (QED) is 0.859. The number of nitrogens with zero attached hydrogens (tertiary/aromatic N) is 3. The average molecular weight is 331 g/mol. The SMILES string of the molecule is O=C(O)CCC(O)=c1c(=O)cc(CC2CCCCC2)c2ncnn12. The van der Waals surface area contributed by atoms with Gasteiger partial charge in [0.15, 0.2) is 11.0 Å². The minimum absolute atomic E-state index is 0.0103. The summed E-state index contributed by atoms with van der Waals surface area (Å²) in [5.74, 6) is -0.742. The van der Waals surface area contributed by atoms with Crippen molar-refractivity contribution in [3.8, 4) is 0 Å². The second-order valence-corrected chi connectivity index (χ2v) is 6.43. The predicted molar refractivity (Wildman–Crippen MR) is 87.7 cm³/mol. The lowest BCUT2D eigenvalue weighted by atomic mass is 9.85. The number of hydrogen-bond acceptors (Lipinski definition) is 5. The zero-order valence-corrected chi connectivity index (χ0v) is 13.4. The summed E-state index contributed by atoms with van der Waals surface area (Å²) in [5, 5.41) is 23.0. The van der Waals surface area contributed by atoms with Crippen molar-refractivity contribution < 1.29 is 15.0 Å². The molecule has 0 amide bonds. The van der Waals surface area contributed by atoms with Crippen molar-refractivity contribution in [2.75, 3.05) is 0 Å². The number of carboxylic acids is 1. The Morgan fingerprint density at radius 2 is 1.96 bits per heavy atom. The van der Waals surface area contributed by atoms with Crippen LogP contribution in [0.5, 0.6) is 0 Å². The molecular weight excluding hydrogens is 310 g/mol. The molecule has 1 saturated carbocycles. The molecule has 24 heavy (non-hydrogen) atoms. The monoisotopic (exact) mass is 331 g/mol. The highest BCUT2D eigenvalue weighted by molar-refractivity contribution is 5.68. The third-order valence-corrected chi connectivity index (χ3v) is 4.67. The first-order chi connectivity index (χ1) is 11.6. The van der Waals surface area contributed by atoms with E-state index < -0.39 is 5.97 Å². The average Bonchev–Trinajstić information content (AvgIpc) is 3.03. The molecule has 128 valence electrons. The van der Waals surface area contributed by atoms with Gasteiger partial charge in [0.1, 0.15) is 12.1 Å². The molecule has 7 nitrogen and oxygen atoms in total. The Labute approximate surface area is 138 Å². The highest BCUT2D eigenvalue weighted by atomic mass is 16.4. The molecule has 2 aromatic rings. The second kappa shape index (κ2) is 6.98. The van der Waals surface area contributed by atoms with Crippen molar-refractivity contribution in [1.29, 1.82) is 0 Å². The fraction of sp³-hybridized carbons (Fsp3) is 0.529. The summed E-state index contributed by atoms with van der Waals surface area (Å²) in [6.45, 7) is 0. The van der Waals surface area contributed by atoms with Gasteiger partial charge in [0.05, 0.1) is 6.42 Å². The third kappa shape index (κ3) is 3.39. The van der Waals surface area contributed by atoms with Gasteiger partial charge in [-0.15, -0.1) is 0 Å². The molecule has 2 heterocycles. The molecule has 0 aliphatic heterocycles. The van der Waals surface area contributed by atoms with Gasteiger partial charge in [0.25, 0.3) is 0 Å². The maximum absolute atomic E-state index is 12.5. The van der Waals surface area contributed by atoms with Gasteiger partial charge >= 0.3 is 5.97 Å². The first-order valence-corrected chi connectivity index (χ1v) is 8.36. The van der Waals surface area contributed by atoms with E-state index in [1.54, 1.807) is 0 Å². The van der Waals surface area contributed by atoms with Gasteiger partial charge in [-0.25, -0.2) is 9.50 Å². The second-order valence-electron chi connectivity index (χ2n) is 6.43. The Kier molecular flexibility index (Phi) is 4.78. The number of carboxylic acid groups (broad SMARTS) is 1. The minimum atomic E-state index is -1.03. The van der Waals surface area contributed by atoms with E-state index in [0.717, 1.165) is 24.8 Å². The predicted octanol–water partition coefficient (Wildman–Crippen LogP) is 1.46. The summed E-state index contributed by atoms with van der Waals surface area (Å²) in [5.41, 5.74) is 1.07. The Hall–Kier alpha value is -2.44. The Bertz CT molecular complexity index is 853. The van der Waals surface area contributed by atoms with Gasteiger partial charge in [-0.3, -0.25) is 9.59 Å². The third-order valence-electron chi connectivity index (χ3n) is 4.67. The fourth-order valence-corrected chi connectivity index (χ4v) is 3.48. The molecular formula is C17H21N3O4. The van der Waals surface area contributed by atoms with Crippen LogP contribution in [0.25, 0.3) is 11.4 Å². The van der Waals surface area contributed by atoms with Crippen LogP contribution in [0.2, 0.25) is 0 Å². The summed E-state index contributed by atoms with van der Waals surface area (Å²) in [4.78, 5) is 27.4. The summed E-state index contributed by atoms with van der Waals surface area (Å²) in [7, 11) is 0. The van der Waals surface area contributed by atoms with E-state index in [4.69, 9.17) is 5.11 Å². The zero-order chi connectivity index (χ0) is 17.1. The lowest BCUT2D eigenvalue weighted by Crippen LogP contribution is -2.35. The number of pyridine rings is 1. The van der Waals surface area contributed by atoms with Crippen LogP contribution in [0, 0.1) is 5.92 Å². The molecule has 3 rings (SSSR count). The lowest BCUT2D eigenvalue weighted by Gasteiger charge is -2.21. The summed E-state index contributed by atoms with van der Waals surface area (Å²) in [6.07, 6.45) is 7.82. The number of aliphatic carboxylic acids is 1. The molecule has 0 unspecified atom stereocenters. The highest BCUT2D eigenvalue weighted by Gasteiger charge is 2.18. The van der Waals surface area contributed by atoms with Crippen LogP contribution in [-0.2, 0) is 11.2 Å². The topological polar surface area (TPSA) is 105 Å². The smallest absolute Gasteiger partial charge is 0.303 e. The van der Waals surface area contributed by atoms with Crippen LogP contribution in [0.15, 0.2) is 17.2 Å². The van der Waals surface area contributed by atoms with Crippen molar-refractivity contribution >= 4 is 17.4 Å². The number of aliphatic hydroxyl groups excluding tert-OH is 1. The summed E-state index contributed by atoms with van der Waals surface area (Å²) < 4.78 is 1.34. The van der Waals surface area contributed by atoms with E-state index >= 15 is 0 Å². The first-order valence-electron chi connectivity index (χ1n) is 8.36. The molecule has 2 aromatic heterocycles. The van der Waals surface area contributed by atoms with Gasteiger partial charge in [0, 0.05) is 12.0 Å². The number of aliphatic hydroxyl groups is 1. The maximum atomic E-state index is 12.5. The van der Waals surface area contributed by atoms with E-state index in [-0.39, 0.29) is 29.4 Å². The number of carbonyl (C=O) groups is 1. The molecule has 1 aliphatic carbocycles. The van der Waals surface area contributed by atoms with Gasteiger partial charge in [-0.2, -0.15) is 5.10 Å². The molecule has 1 fully saturated rings. The van der Waals surface area contributed by atoms with Crippen LogP contribution >= 0.6 is 0 Å². The van der Waals surface area contributed by atoms with E-state index in [0.29, 0.717) is 11.6 Å². The molecule has 1 aliphatic rings. The van der Waals surface area contributed by atoms with E-state index in [2.05, 4.69) is 10.1 Å². The minimum Gasteiger partial charge on any atom is -0.510 e. The van der Waals surface area contributed by atoms with Gasteiger partial charge in [-0.05, 0) is 18.4 Å². The van der Waals surface area contributed by atoms with Crippen molar-refractivity contribution in [2.45, 2.75) is 51.4 Å². The van der Waals surface area contributed by atoms with Crippen LogP contribution < -0.4 is 10.8 Å². The number of hydrogen-bond donors (Lipinski definition) is 2. The maximum Gasteiger partial charge on any atom is 0.303 e. The normalized spacial score (nSPS) is 17.2. The number of rotatable bonds is 5. The molecule has 0 radical (unpaired) electrons. The highest BCUT2D eigenvalue weighted by Crippen LogP contribution is 2.27. The number of fused-ring (bicyclic) bond motifs is 1. The van der Waals surface area contributed by atoms with Crippen molar-refractivity contribution in [3.63, 3.8) is 0 Å².